The maximum atomic E-state index is 5.47. The number of nitrogens with zero attached hydrogens (tertiary/aromatic N) is 1. The summed E-state index contributed by atoms with van der Waals surface area (Å²) < 4.78 is 10.6. The molecule has 1 saturated heterocycles. The summed E-state index contributed by atoms with van der Waals surface area (Å²) in [7, 11) is 0. The molecular formula is C16H21NO2. The van der Waals surface area contributed by atoms with Crippen LogP contribution in [0.15, 0.2) is 42.4 Å². The predicted octanol–water partition coefficient (Wildman–Crippen LogP) is 3.28. The van der Waals surface area contributed by atoms with E-state index < -0.39 is 0 Å². The van der Waals surface area contributed by atoms with Crippen LogP contribution in [-0.4, -0.2) is 24.3 Å². The van der Waals surface area contributed by atoms with Crippen molar-refractivity contribution in [2.75, 3.05) is 13.3 Å². The van der Waals surface area contributed by atoms with E-state index in [1.807, 2.05) is 0 Å². The zero-order valence-electron chi connectivity index (χ0n) is 11.3. The third kappa shape index (κ3) is 3.29. The maximum Gasteiger partial charge on any atom is 0.229 e. The zero-order chi connectivity index (χ0) is 12.9. The summed E-state index contributed by atoms with van der Waals surface area (Å²) in [6, 6.07) is 11.3. The van der Waals surface area contributed by atoms with Crippen molar-refractivity contribution in [3.8, 4) is 0 Å². The maximum absolute atomic E-state index is 5.47. The second-order valence-electron chi connectivity index (χ2n) is 5.32. The van der Waals surface area contributed by atoms with Crippen LogP contribution in [0.1, 0.15) is 31.2 Å². The Bertz CT molecular complexity index is 430. The average molecular weight is 259 g/mol. The van der Waals surface area contributed by atoms with E-state index in [4.69, 9.17) is 9.47 Å². The van der Waals surface area contributed by atoms with Crippen LogP contribution in [0.4, 0.5) is 0 Å². The highest BCUT2D eigenvalue weighted by Crippen LogP contribution is 2.26. The Kier molecular flexibility index (Phi) is 4.04. The van der Waals surface area contributed by atoms with Crippen LogP contribution in [0, 0.1) is 0 Å². The second-order valence-corrected chi connectivity index (χ2v) is 5.32. The molecule has 3 heteroatoms. The van der Waals surface area contributed by atoms with Crippen LogP contribution in [0.3, 0.4) is 0 Å². The third-order valence-corrected chi connectivity index (χ3v) is 3.94. The molecule has 0 spiro atoms. The Hall–Kier alpha value is -1.48. The fourth-order valence-electron chi connectivity index (χ4n) is 2.93. The van der Waals surface area contributed by atoms with Gasteiger partial charge in [-0.15, -0.1) is 0 Å². The molecule has 1 unspecified atom stereocenters. The van der Waals surface area contributed by atoms with Gasteiger partial charge < -0.3 is 9.47 Å². The number of rotatable bonds is 4. The van der Waals surface area contributed by atoms with Crippen molar-refractivity contribution in [1.82, 2.24) is 4.90 Å². The third-order valence-electron chi connectivity index (χ3n) is 3.94. The van der Waals surface area contributed by atoms with Gasteiger partial charge in [-0.1, -0.05) is 36.8 Å². The van der Waals surface area contributed by atoms with E-state index in [0.717, 1.165) is 18.7 Å². The van der Waals surface area contributed by atoms with Gasteiger partial charge in [0.2, 0.25) is 6.79 Å². The fourth-order valence-corrected chi connectivity index (χ4v) is 2.93. The van der Waals surface area contributed by atoms with Crippen molar-refractivity contribution >= 4 is 0 Å². The van der Waals surface area contributed by atoms with Crippen LogP contribution in [0.2, 0.25) is 0 Å². The van der Waals surface area contributed by atoms with Crippen molar-refractivity contribution in [2.45, 2.75) is 38.3 Å². The molecule has 2 aliphatic heterocycles. The zero-order valence-corrected chi connectivity index (χ0v) is 11.3. The van der Waals surface area contributed by atoms with Crippen molar-refractivity contribution < 1.29 is 9.47 Å². The minimum Gasteiger partial charge on any atom is -0.462 e. The van der Waals surface area contributed by atoms with Crippen LogP contribution in [-0.2, 0) is 16.0 Å². The Morgan fingerprint density at radius 1 is 1.16 bits per heavy atom. The molecule has 3 nitrogen and oxygen atoms in total. The molecule has 102 valence electrons. The highest BCUT2D eigenvalue weighted by atomic mass is 16.7. The first kappa shape index (κ1) is 12.5. The molecule has 0 radical (unpaired) electrons. The number of piperidine rings is 1. The predicted molar refractivity (Wildman–Crippen MR) is 74.2 cm³/mol. The van der Waals surface area contributed by atoms with Crippen molar-refractivity contribution in [1.29, 1.82) is 0 Å². The van der Waals surface area contributed by atoms with Crippen LogP contribution < -0.4 is 0 Å². The van der Waals surface area contributed by atoms with Crippen molar-refractivity contribution in [3.05, 3.63) is 47.9 Å². The lowest BCUT2D eigenvalue weighted by atomic mass is 9.98. The first-order valence-electron chi connectivity index (χ1n) is 7.13. The van der Waals surface area contributed by atoms with Crippen LogP contribution in [0.25, 0.3) is 0 Å². The van der Waals surface area contributed by atoms with E-state index in [1.54, 1.807) is 6.26 Å². The lowest BCUT2D eigenvalue weighted by Gasteiger charge is -2.35. The van der Waals surface area contributed by atoms with Crippen molar-refractivity contribution in [2.24, 2.45) is 0 Å². The highest BCUT2D eigenvalue weighted by molar-refractivity contribution is 5.15. The molecule has 3 rings (SSSR count). The van der Waals surface area contributed by atoms with Gasteiger partial charge in [0.1, 0.15) is 12.0 Å². The molecular weight excluding hydrogens is 238 g/mol. The molecule has 2 heterocycles. The van der Waals surface area contributed by atoms with Crippen LogP contribution >= 0.6 is 0 Å². The van der Waals surface area contributed by atoms with E-state index >= 15 is 0 Å². The summed E-state index contributed by atoms with van der Waals surface area (Å²) in [6.07, 6.45) is 6.64. The van der Waals surface area contributed by atoms with E-state index in [9.17, 15) is 0 Å². The second kappa shape index (κ2) is 6.11. The summed E-state index contributed by atoms with van der Waals surface area (Å²) in [5.41, 5.74) is 1.40. The van der Waals surface area contributed by atoms with Crippen LogP contribution in [0.5, 0.6) is 0 Å². The summed E-state index contributed by atoms with van der Waals surface area (Å²) >= 11 is 0. The lowest BCUT2D eigenvalue weighted by molar-refractivity contribution is 0.0662. The molecule has 1 fully saturated rings. The number of likely N-dealkylation sites (tertiary alicyclic amines) is 1. The minimum absolute atomic E-state index is 0.390. The van der Waals surface area contributed by atoms with Gasteiger partial charge >= 0.3 is 0 Å². The Morgan fingerprint density at radius 2 is 2.05 bits per heavy atom. The van der Waals surface area contributed by atoms with Gasteiger partial charge in [-0.3, -0.25) is 4.90 Å². The molecule has 0 N–H and O–H groups in total. The molecule has 0 bridgehead atoms. The molecule has 0 aliphatic carbocycles. The highest BCUT2D eigenvalue weighted by Gasteiger charge is 2.25. The Labute approximate surface area is 114 Å². The van der Waals surface area contributed by atoms with Gasteiger partial charge in [0.15, 0.2) is 0 Å². The first-order valence-corrected chi connectivity index (χ1v) is 7.13. The molecule has 1 atom stereocenters. The summed E-state index contributed by atoms with van der Waals surface area (Å²) in [6.45, 7) is 2.62. The summed E-state index contributed by atoms with van der Waals surface area (Å²) in [5.74, 6) is 1.00. The summed E-state index contributed by atoms with van der Waals surface area (Å²) in [4.78, 5) is 2.58. The van der Waals surface area contributed by atoms with Gasteiger partial charge in [-0.25, -0.2) is 0 Å². The average Bonchev–Trinajstić information content (AvgIpc) is 2.95. The van der Waals surface area contributed by atoms with Crippen molar-refractivity contribution in [3.63, 3.8) is 0 Å². The Morgan fingerprint density at radius 3 is 2.84 bits per heavy atom. The normalized spacial score (nSPS) is 23.6. The van der Waals surface area contributed by atoms with Gasteiger partial charge in [0.25, 0.3) is 0 Å². The van der Waals surface area contributed by atoms with Gasteiger partial charge in [0.05, 0.1) is 0 Å². The number of hydrogen-bond donors (Lipinski definition) is 0. The van der Waals surface area contributed by atoms with E-state index in [2.05, 4.69) is 35.2 Å². The van der Waals surface area contributed by atoms with Gasteiger partial charge in [0, 0.05) is 19.0 Å². The minimum atomic E-state index is 0.390. The number of hydrogen-bond acceptors (Lipinski definition) is 3. The lowest BCUT2D eigenvalue weighted by Crippen LogP contribution is -2.39. The monoisotopic (exact) mass is 259 g/mol. The molecule has 0 amide bonds. The fraction of sp³-hybridized carbons (Fsp3) is 0.500. The van der Waals surface area contributed by atoms with E-state index in [1.165, 1.54) is 31.4 Å². The van der Waals surface area contributed by atoms with Gasteiger partial charge in [-0.2, -0.15) is 0 Å². The molecule has 0 aromatic heterocycles. The summed E-state index contributed by atoms with van der Waals surface area (Å²) in [5, 5.41) is 0. The molecule has 1 aromatic carbocycles. The van der Waals surface area contributed by atoms with E-state index in [-0.39, 0.29) is 0 Å². The SMILES string of the molecule is C1=C(CC2CCCCN2Cc2ccccc2)OCO1. The van der Waals surface area contributed by atoms with E-state index in [0.29, 0.717) is 12.8 Å². The number of ether oxygens (including phenoxy) is 2. The number of benzene rings is 1. The Balaban J connectivity index is 1.63. The first-order chi connectivity index (χ1) is 9.42. The largest absolute Gasteiger partial charge is 0.462 e. The smallest absolute Gasteiger partial charge is 0.229 e. The standard InChI is InChI=1S/C16H21NO2/c1-2-6-14(7-3-1)11-17-9-5-4-8-15(17)10-16-12-18-13-19-16/h1-3,6-7,12,15H,4-5,8-11,13H2. The van der Waals surface area contributed by atoms with Gasteiger partial charge in [-0.05, 0) is 24.9 Å². The molecule has 19 heavy (non-hydrogen) atoms. The quantitative estimate of drug-likeness (QED) is 0.828. The molecule has 1 aromatic rings. The topological polar surface area (TPSA) is 21.7 Å². The molecule has 0 saturated carbocycles. The molecule has 2 aliphatic rings.